The van der Waals surface area contributed by atoms with Crippen molar-refractivity contribution in [3.8, 4) is 0 Å². The standard InChI is InChI=1S/C13H25NO3/c1-10(9-17-2)7-13(16)14-8-11-5-3-4-6-12(11)15/h10-12,15H,3-9H2,1-2H3,(H,14,16). The first-order chi connectivity index (χ1) is 8.13. The Kier molecular flexibility index (Phi) is 6.52. The Labute approximate surface area is 104 Å². The molecule has 2 N–H and O–H groups in total. The van der Waals surface area contributed by atoms with E-state index in [1.165, 1.54) is 0 Å². The molecule has 0 aromatic heterocycles. The maximum Gasteiger partial charge on any atom is 0.220 e. The molecule has 0 aromatic carbocycles. The molecule has 3 unspecified atom stereocenters. The highest BCUT2D eigenvalue weighted by Crippen LogP contribution is 2.23. The lowest BCUT2D eigenvalue weighted by molar-refractivity contribution is -0.122. The fourth-order valence-electron chi connectivity index (χ4n) is 2.40. The molecule has 0 aromatic rings. The number of nitrogens with one attached hydrogen (secondary N) is 1. The Bertz CT molecular complexity index is 233. The molecule has 4 heteroatoms. The van der Waals surface area contributed by atoms with E-state index in [1.807, 2.05) is 6.92 Å². The second kappa shape index (κ2) is 7.67. The van der Waals surface area contributed by atoms with Crippen molar-refractivity contribution in [1.29, 1.82) is 0 Å². The first-order valence-electron chi connectivity index (χ1n) is 6.57. The van der Waals surface area contributed by atoms with Gasteiger partial charge in [-0.15, -0.1) is 0 Å². The molecule has 100 valence electrons. The average molecular weight is 243 g/mol. The molecule has 0 heterocycles. The van der Waals surface area contributed by atoms with Gasteiger partial charge in [0.05, 0.1) is 6.10 Å². The van der Waals surface area contributed by atoms with E-state index in [1.54, 1.807) is 7.11 Å². The van der Waals surface area contributed by atoms with E-state index in [4.69, 9.17) is 4.74 Å². The van der Waals surface area contributed by atoms with Crippen molar-refractivity contribution in [1.82, 2.24) is 5.32 Å². The summed E-state index contributed by atoms with van der Waals surface area (Å²) >= 11 is 0. The van der Waals surface area contributed by atoms with Gasteiger partial charge in [-0.05, 0) is 18.8 Å². The van der Waals surface area contributed by atoms with Crippen LogP contribution >= 0.6 is 0 Å². The SMILES string of the molecule is COCC(C)CC(=O)NCC1CCCCC1O. The van der Waals surface area contributed by atoms with Gasteiger partial charge in [0.25, 0.3) is 0 Å². The van der Waals surface area contributed by atoms with E-state index >= 15 is 0 Å². The number of carbonyl (C=O) groups excluding carboxylic acids is 1. The van der Waals surface area contributed by atoms with Crippen LogP contribution in [0, 0.1) is 11.8 Å². The second-order valence-electron chi connectivity index (χ2n) is 5.18. The fourth-order valence-corrected chi connectivity index (χ4v) is 2.40. The minimum atomic E-state index is -0.236. The Morgan fingerprint density at radius 2 is 2.18 bits per heavy atom. The normalized spacial score (nSPS) is 26.5. The Hall–Kier alpha value is -0.610. The topological polar surface area (TPSA) is 58.6 Å². The summed E-state index contributed by atoms with van der Waals surface area (Å²) in [6.07, 6.45) is 4.43. The first-order valence-corrected chi connectivity index (χ1v) is 6.57. The van der Waals surface area contributed by atoms with Crippen LogP contribution in [0.5, 0.6) is 0 Å². The summed E-state index contributed by atoms with van der Waals surface area (Å²) in [7, 11) is 1.65. The molecule has 1 saturated carbocycles. The van der Waals surface area contributed by atoms with E-state index in [9.17, 15) is 9.90 Å². The van der Waals surface area contributed by atoms with Gasteiger partial charge in [-0.3, -0.25) is 4.79 Å². The molecule has 0 aliphatic heterocycles. The lowest BCUT2D eigenvalue weighted by Gasteiger charge is -2.27. The highest BCUT2D eigenvalue weighted by atomic mass is 16.5. The Morgan fingerprint density at radius 1 is 1.47 bits per heavy atom. The van der Waals surface area contributed by atoms with Gasteiger partial charge in [-0.2, -0.15) is 0 Å². The van der Waals surface area contributed by atoms with Crippen molar-refractivity contribution >= 4 is 5.91 Å². The summed E-state index contributed by atoms with van der Waals surface area (Å²) in [6, 6.07) is 0. The second-order valence-corrected chi connectivity index (χ2v) is 5.18. The molecule has 0 saturated heterocycles. The highest BCUT2D eigenvalue weighted by molar-refractivity contribution is 5.76. The van der Waals surface area contributed by atoms with Crippen LogP contribution in [0.25, 0.3) is 0 Å². The van der Waals surface area contributed by atoms with Crippen molar-refractivity contribution < 1.29 is 14.6 Å². The predicted octanol–water partition coefficient (Wildman–Crippen LogP) is 1.33. The van der Waals surface area contributed by atoms with Crippen molar-refractivity contribution in [2.24, 2.45) is 11.8 Å². The largest absolute Gasteiger partial charge is 0.393 e. The van der Waals surface area contributed by atoms with E-state index < -0.39 is 0 Å². The van der Waals surface area contributed by atoms with Crippen LogP contribution in [0.4, 0.5) is 0 Å². The molecule has 1 aliphatic carbocycles. The van der Waals surface area contributed by atoms with Crippen LogP contribution in [-0.4, -0.2) is 37.4 Å². The van der Waals surface area contributed by atoms with Crippen LogP contribution in [0.2, 0.25) is 0 Å². The van der Waals surface area contributed by atoms with E-state index in [-0.39, 0.29) is 23.8 Å². The van der Waals surface area contributed by atoms with Gasteiger partial charge in [0, 0.05) is 32.6 Å². The smallest absolute Gasteiger partial charge is 0.220 e. The third-order valence-corrected chi connectivity index (χ3v) is 3.42. The summed E-state index contributed by atoms with van der Waals surface area (Å²) in [5, 5.41) is 12.7. The van der Waals surface area contributed by atoms with Gasteiger partial charge in [0.15, 0.2) is 0 Å². The van der Waals surface area contributed by atoms with Gasteiger partial charge in [-0.1, -0.05) is 19.8 Å². The summed E-state index contributed by atoms with van der Waals surface area (Å²) < 4.78 is 5.00. The van der Waals surface area contributed by atoms with Gasteiger partial charge in [0.2, 0.25) is 5.91 Å². The minimum absolute atomic E-state index is 0.0623. The molecule has 17 heavy (non-hydrogen) atoms. The fraction of sp³-hybridized carbons (Fsp3) is 0.923. The molecule has 0 spiro atoms. The number of methoxy groups -OCH3 is 1. The summed E-state index contributed by atoms with van der Waals surface area (Å²) in [5.41, 5.74) is 0. The van der Waals surface area contributed by atoms with Crippen LogP contribution in [-0.2, 0) is 9.53 Å². The van der Waals surface area contributed by atoms with E-state index in [2.05, 4.69) is 5.32 Å². The predicted molar refractivity (Wildman–Crippen MR) is 66.6 cm³/mol. The highest BCUT2D eigenvalue weighted by Gasteiger charge is 2.23. The molecule has 3 atom stereocenters. The summed E-state index contributed by atoms with van der Waals surface area (Å²) in [4.78, 5) is 11.6. The number of hydrogen-bond acceptors (Lipinski definition) is 3. The zero-order chi connectivity index (χ0) is 12.7. The Morgan fingerprint density at radius 3 is 2.82 bits per heavy atom. The number of carbonyl (C=O) groups is 1. The zero-order valence-electron chi connectivity index (χ0n) is 10.9. The number of rotatable bonds is 6. The van der Waals surface area contributed by atoms with E-state index in [0.717, 1.165) is 25.7 Å². The molecule has 0 radical (unpaired) electrons. The molecule has 1 fully saturated rings. The summed E-state index contributed by atoms with van der Waals surface area (Å²) in [6.45, 7) is 3.22. The third kappa shape index (κ3) is 5.50. The molecule has 1 amide bonds. The van der Waals surface area contributed by atoms with Gasteiger partial charge >= 0.3 is 0 Å². The number of aliphatic hydroxyl groups excluding tert-OH is 1. The maximum absolute atomic E-state index is 11.6. The summed E-state index contributed by atoms with van der Waals surface area (Å²) in [5.74, 6) is 0.550. The number of ether oxygens (including phenoxy) is 1. The number of hydrogen-bond donors (Lipinski definition) is 2. The average Bonchev–Trinajstić information content (AvgIpc) is 2.28. The lowest BCUT2D eigenvalue weighted by atomic mass is 9.86. The monoisotopic (exact) mass is 243 g/mol. The van der Waals surface area contributed by atoms with Crippen LogP contribution in [0.15, 0.2) is 0 Å². The Balaban J connectivity index is 2.18. The van der Waals surface area contributed by atoms with Crippen LogP contribution in [0.1, 0.15) is 39.0 Å². The van der Waals surface area contributed by atoms with Crippen molar-refractivity contribution in [3.63, 3.8) is 0 Å². The van der Waals surface area contributed by atoms with Gasteiger partial charge < -0.3 is 15.2 Å². The number of aliphatic hydroxyl groups is 1. The van der Waals surface area contributed by atoms with Crippen LogP contribution in [0.3, 0.4) is 0 Å². The minimum Gasteiger partial charge on any atom is -0.393 e. The first kappa shape index (κ1) is 14.5. The quantitative estimate of drug-likeness (QED) is 0.740. The van der Waals surface area contributed by atoms with Crippen molar-refractivity contribution in [2.45, 2.75) is 45.1 Å². The third-order valence-electron chi connectivity index (χ3n) is 3.42. The molecular formula is C13H25NO3. The van der Waals surface area contributed by atoms with Gasteiger partial charge in [-0.25, -0.2) is 0 Å². The molecule has 4 nitrogen and oxygen atoms in total. The number of amides is 1. The maximum atomic E-state index is 11.6. The molecule has 1 rings (SSSR count). The zero-order valence-corrected chi connectivity index (χ0v) is 10.9. The molecular weight excluding hydrogens is 218 g/mol. The van der Waals surface area contributed by atoms with Crippen molar-refractivity contribution in [2.75, 3.05) is 20.3 Å². The van der Waals surface area contributed by atoms with Gasteiger partial charge in [0.1, 0.15) is 0 Å². The van der Waals surface area contributed by atoms with E-state index in [0.29, 0.717) is 19.6 Å². The molecule has 1 aliphatic rings. The van der Waals surface area contributed by atoms with Crippen molar-refractivity contribution in [3.05, 3.63) is 0 Å². The van der Waals surface area contributed by atoms with Crippen LogP contribution < -0.4 is 5.32 Å². The lowest BCUT2D eigenvalue weighted by Crippen LogP contribution is -2.37. The molecule has 0 bridgehead atoms.